The molecule has 2 amide bonds. The fraction of sp³-hybridized carbons (Fsp3) is 0.238. The number of alkyl halides is 3. The quantitative estimate of drug-likeness (QED) is 0.591. The fourth-order valence-corrected chi connectivity index (χ4v) is 3.21. The van der Waals surface area contributed by atoms with Crippen molar-refractivity contribution in [2.45, 2.75) is 12.7 Å². The van der Waals surface area contributed by atoms with Gasteiger partial charge in [0, 0.05) is 11.8 Å². The predicted octanol–water partition coefficient (Wildman–Crippen LogP) is 4.14. The monoisotopic (exact) mass is 460 g/mol. The van der Waals surface area contributed by atoms with E-state index in [9.17, 15) is 18.0 Å². The largest absolute Gasteiger partial charge is 0.497 e. The molecule has 0 radical (unpaired) electrons. The number of urea groups is 1. The molecule has 0 saturated heterocycles. The Kier molecular flexibility index (Phi) is 5.90. The van der Waals surface area contributed by atoms with Crippen molar-refractivity contribution >= 4 is 29.3 Å². The maximum absolute atomic E-state index is 13.5. The number of anilines is 4. The molecule has 4 rings (SSSR count). The van der Waals surface area contributed by atoms with E-state index in [0.29, 0.717) is 28.6 Å². The Morgan fingerprint density at radius 2 is 1.70 bits per heavy atom. The third-order valence-electron chi connectivity index (χ3n) is 4.81. The van der Waals surface area contributed by atoms with Crippen LogP contribution < -0.4 is 24.6 Å². The van der Waals surface area contributed by atoms with E-state index in [0.717, 1.165) is 0 Å². The van der Waals surface area contributed by atoms with Crippen molar-refractivity contribution in [2.24, 2.45) is 0 Å². The third-order valence-corrected chi connectivity index (χ3v) is 4.81. The zero-order valence-electron chi connectivity index (χ0n) is 17.6. The fourth-order valence-electron chi connectivity index (χ4n) is 3.21. The molecule has 1 aliphatic rings. The second-order valence-electron chi connectivity index (χ2n) is 6.97. The summed E-state index contributed by atoms with van der Waals surface area (Å²) in [4.78, 5) is 28.7. The van der Waals surface area contributed by atoms with E-state index in [4.69, 9.17) is 9.47 Å². The minimum Gasteiger partial charge on any atom is -0.497 e. The number of carbonyl (C=O) groups is 1. The number of amides is 2. The predicted molar refractivity (Wildman–Crippen MR) is 114 cm³/mol. The van der Waals surface area contributed by atoms with Crippen LogP contribution in [0.3, 0.4) is 0 Å². The Balaban J connectivity index is 1.75. The number of pyridine rings is 1. The van der Waals surface area contributed by atoms with Crippen molar-refractivity contribution in [1.29, 1.82) is 0 Å². The number of ether oxygens (including phenoxy) is 2. The normalized spacial score (nSPS) is 13.5. The maximum Gasteiger partial charge on any atom is 0.405 e. The average Bonchev–Trinajstić information content (AvgIpc) is 2.82. The molecule has 172 valence electrons. The van der Waals surface area contributed by atoms with Crippen molar-refractivity contribution in [3.05, 3.63) is 54.4 Å². The second kappa shape index (κ2) is 8.81. The van der Waals surface area contributed by atoms with Gasteiger partial charge >= 0.3 is 12.2 Å². The van der Waals surface area contributed by atoms with Crippen LogP contribution >= 0.6 is 0 Å². The highest BCUT2D eigenvalue weighted by atomic mass is 19.4. The molecule has 1 aromatic carbocycles. The lowest BCUT2D eigenvalue weighted by Gasteiger charge is -2.35. The molecule has 33 heavy (non-hydrogen) atoms. The lowest BCUT2D eigenvalue weighted by molar-refractivity contribution is -0.115. The van der Waals surface area contributed by atoms with Crippen molar-refractivity contribution in [2.75, 3.05) is 35.9 Å². The van der Waals surface area contributed by atoms with Gasteiger partial charge in [-0.05, 0) is 36.4 Å². The molecular formula is C21H19F3N6O3. The van der Waals surface area contributed by atoms with Gasteiger partial charge in [-0.3, -0.25) is 4.90 Å². The van der Waals surface area contributed by atoms with Gasteiger partial charge in [0.25, 0.3) is 0 Å². The number of nitrogens with one attached hydrogen (secondary N) is 1. The zero-order chi connectivity index (χ0) is 23.6. The molecule has 0 aliphatic carbocycles. The summed E-state index contributed by atoms with van der Waals surface area (Å²) in [5, 5.41) is 2.15. The number of aromatic nitrogens is 3. The second-order valence-corrected chi connectivity index (χ2v) is 6.97. The first kappa shape index (κ1) is 22.1. The molecular weight excluding hydrogens is 441 g/mol. The van der Waals surface area contributed by atoms with Crippen molar-refractivity contribution in [3.8, 4) is 11.5 Å². The van der Waals surface area contributed by atoms with E-state index in [1.54, 1.807) is 36.4 Å². The van der Waals surface area contributed by atoms with Crippen LogP contribution in [0.2, 0.25) is 0 Å². The highest BCUT2D eigenvalue weighted by Gasteiger charge is 2.35. The Labute approximate surface area is 186 Å². The van der Waals surface area contributed by atoms with Crippen LogP contribution in [-0.4, -0.2) is 47.9 Å². The van der Waals surface area contributed by atoms with E-state index in [1.165, 1.54) is 36.4 Å². The van der Waals surface area contributed by atoms with Gasteiger partial charge in [0.2, 0.25) is 5.95 Å². The number of hydrogen-bond donors (Lipinski definition) is 1. The van der Waals surface area contributed by atoms with E-state index in [2.05, 4.69) is 20.3 Å². The summed E-state index contributed by atoms with van der Waals surface area (Å²) in [5.41, 5.74) is 0.973. The Morgan fingerprint density at radius 3 is 2.30 bits per heavy atom. The Bertz CT molecular complexity index is 1140. The smallest absolute Gasteiger partial charge is 0.405 e. The van der Waals surface area contributed by atoms with Crippen LogP contribution in [0.5, 0.6) is 11.5 Å². The zero-order valence-corrected chi connectivity index (χ0v) is 17.6. The first-order valence-electron chi connectivity index (χ1n) is 9.71. The number of methoxy groups -OCH3 is 2. The molecule has 0 atom stereocenters. The van der Waals surface area contributed by atoms with Crippen LogP contribution in [0.25, 0.3) is 0 Å². The van der Waals surface area contributed by atoms with Gasteiger partial charge in [-0.1, -0.05) is 0 Å². The van der Waals surface area contributed by atoms with Crippen LogP contribution in [0.1, 0.15) is 5.56 Å². The summed E-state index contributed by atoms with van der Waals surface area (Å²) >= 11 is 0. The van der Waals surface area contributed by atoms with E-state index in [-0.39, 0.29) is 18.3 Å². The lowest BCUT2D eigenvalue weighted by atomic mass is 10.2. The van der Waals surface area contributed by atoms with E-state index < -0.39 is 18.8 Å². The van der Waals surface area contributed by atoms with Crippen LogP contribution in [-0.2, 0) is 6.54 Å². The van der Waals surface area contributed by atoms with E-state index >= 15 is 0 Å². The topological polar surface area (TPSA) is 92.7 Å². The third kappa shape index (κ3) is 4.73. The van der Waals surface area contributed by atoms with Crippen LogP contribution in [0.4, 0.5) is 41.2 Å². The standard InChI is InChI=1S/C21H19F3N6O3/c1-32-15-5-3-14(4-6-15)30-18-13(9-26-19(28-18)27-12-21(22,23)24)11-29(20(30)31)17-8-7-16(33-2)10-25-17/h3-10H,11-12H2,1-2H3,(H,26,27,28). The number of fused-ring (bicyclic) bond motifs is 1. The average molecular weight is 460 g/mol. The number of halogens is 3. The van der Waals surface area contributed by atoms with Gasteiger partial charge in [0.05, 0.1) is 32.6 Å². The molecule has 3 heterocycles. The summed E-state index contributed by atoms with van der Waals surface area (Å²) in [6, 6.07) is 9.45. The molecule has 0 bridgehead atoms. The van der Waals surface area contributed by atoms with Gasteiger partial charge < -0.3 is 14.8 Å². The molecule has 0 saturated carbocycles. The number of hydrogen-bond acceptors (Lipinski definition) is 7. The molecule has 2 aromatic heterocycles. The van der Waals surface area contributed by atoms with E-state index in [1.807, 2.05) is 0 Å². The number of carbonyl (C=O) groups excluding carboxylic acids is 1. The summed E-state index contributed by atoms with van der Waals surface area (Å²) in [7, 11) is 3.02. The van der Waals surface area contributed by atoms with Gasteiger partial charge in [-0.15, -0.1) is 0 Å². The Morgan fingerprint density at radius 1 is 1.00 bits per heavy atom. The van der Waals surface area contributed by atoms with Crippen molar-refractivity contribution in [3.63, 3.8) is 0 Å². The highest BCUT2D eigenvalue weighted by Crippen LogP contribution is 2.36. The van der Waals surface area contributed by atoms with Gasteiger partial charge in [0.15, 0.2) is 5.82 Å². The summed E-state index contributed by atoms with van der Waals surface area (Å²) in [5.74, 6) is 1.40. The summed E-state index contributed by atoms with van der Waals surface area (Å²) < 4.78 is 48.2. The van der Waals surface area contributed by atoms with Crippen LogP contribution in [0.15, 0.2) is 48.8 Å². The molecule has 3 aromatic rings. The molecule has 1 aliphatic heterocycles. The summed E-state index contributed by atoms with van der Waals surface area (Å²) in [6.45, 7) is -1.22. The molecule has 12 heteroatoms. The van der Waals surface area contributed by atoms with Crippen molar-refractivity contribution in [1.82, 2.24) is 15.0 Å². The maximum atomic E-state index is 13.5. The molecule has 1 N–H and O–H groups in total. The molecule has 0 unspecified atom stereocenters. The number of rotatable bonds is 6. The summed E-state index contributed by atoms with van der Waals surface area (Å²) in [6.07, 6.45) is -1.57. The highest BCUT2D eigenvalue weighted by molar-refractivity contribution is 6.09. The SMILES string of the molecule is COc1ccc(N2C(=O)N(c3ccc(OC)cn3)Cc3cnc(NCC(F)(F)F)nc32)cc1. The molecule has 0 spiro atoms. The van der Waals surface area contributed by atoms with Crippen molar-refractivity contribution < 1.29 is 27.4 Å². The first-order valence-corrected chi connectivity index (χ1v) is 9.71. The molecule has 9 nitrogen and oxygen atoms in total. The van der Waals surface area contributed by atoms with Gasteiger partial charge in [-0.25, -0.2) is 19.7 Å². The number of benzene rings is 1. The van der Waals surface area contributed by atoms with Gasteiger partial charge in [0.1, 0.15) is 23.9 Å². The lowest BCUT2D eigenvalue weighted by Crippen LogP contribution is -2.46. The molecule has 0 fully saturated rings. The minimum atomic E-state index is -4.44. The van der Waals surface area contributed by atoms with Gasteiger partial charge in [-0.2, -0.15) is 18.2 Å². The number of nitrogens with zero attached hydrogens (tertiary/aromatic N) is 5. The Hall–Kier alpha value is -4.09. The minimum absolute atomic E-state index is 0.0830. The first-order chi connectivity index (χ1) is 15.8. The van der Waals surface area contributed by atoms with Crippen LogP contribution in [0, 0.1) is 0 Å².